The monoisotopic (exact) mass is 336 g/mol. The molecule has 2 rings (SSSR count). The predicted octanol–water partition coefficient (Wildman–Crippen LogP) is 2.56. The van der Waals surface area contributed by atoms with E-state index in [-0.39, 0.29) is 18.6 Å². The molecule has 0 aliphatic carbocycles. The zero-order valence-electron chi connectivity index (χ0n) is 13.2. The second-order valence-corrected chi connectivity index (χ2v) is 5.77. The number of nitrogens with one attached hydrogen (secondary N) is 2. The zero-order valence-corrected chi connectivity index (χ0v) is 13.9. The normalized spacial score (nSPS) is 13.4. The minimum atomic E-state index is -0.791. The highest BCUT2D eigenvalue weighted by Gasteiger charge is 2.15. The minimum absolute atomic E-state index is 0.115. The number of urea groups is 1. The molecule has 0 saturated carbocycles. The van der Waals surface area contributed by atoms with E-state index in [1.54, 1.807) is 30.2 Å². The molecule has 0 unspecified atom stereocenters. The minimum Gasteiger partial charge on any atom is -0.386 e. The number of nitrogens with zero attached hydrogens (tertiary/aromatic N) is 2. The van der Waals surface area contributed by atoms with Crippen molar-refractivity contribution in [3.05, 3.63) is 52.8 Å². The van der Waals surface area contributed by atoms with Crippen LogP contribution in [0.5, 0.6) is 0 Å². The first-order chi connectivity index (χ1) is 11.0. The molecule has 23 heavy (non-hydrogen) atoms. The number of aliphatic hydroxyl groups is 1. The van der Waals surface area contributed by atoms with Gasteiger partial charge in [0, 0.05) is 30.4 Å². The number of hydrogen-bond acceptors (Lipinski definition) is 3. The molecule has 0 bridgehead atoms. The lowest BCUT2D eigenvalue weighted by molar-refractivity contribution is 0.172. The molecular weight excluding hydrogens is 316 g/mol. The molecule has 7 heteroatoms. The second-order valence-electron chi connectivity index (χ2n) is 5.33. The Morgan fingerprint density at radius 1 is 1.43 bits per heavy atom. The van der Waals surface area contributed by atoms with Gasteiger partial charge < -0.3 is 15.7 Å². The van der Waals surface area contributed by atoms with Crippen LogP contribution < -0.4 is 10.6 Å². The van der Waals surface area contributed by atoms with Crippen molar-refractivity contribution in [2.45, 2.75) is 25.5 Å². The number of benzene rings is 1. The quantitative estimate of drug-likeness (QED) is 0.758. The average Bonchev–Trinajstić information content (AvgIpc) is 2.97. The number of aryl methyl sites for hydroxylation is 1. The molecule has 3 N–H and O–H groups in total. The van der Waals surface area contributed by atoms with Crippen LogP contribution in [0.2, 0.25) is 5.02 Å². The van der Waals surface area contributed by atoms with Crippen LogP contribution in [0.15, 0.2) is 36.7 Å². The number of amides is 2. The Morgan fingerprint density at radius 3 is 2.83 bits per heavy atom. The maximum atomic E-state index is 12.0. The number of hydrogen-bond donors (Lipinski definition) is 3. The van der Waals surface area contributed by atoms with E-state index in [0.717, 1.165) is 12.0 Å². The van der Waals surface area contributed by atoms with Crippen LogP contribution in [0, 0.1) is 0 Å². The van der Waals surface area contributed by atoms with Crippen molar-refractivity contribution in [2.75, 3.05) is 6.54 Å². The summed E-state index contributed by atoms with van der Waals surface area (Å²) in [4.78, 5) is 12.0. The summed E-state index contributed by atoms with van der Waals surface area (Å²) in [5.41, 5.74) is 1.61. The molecule has 1 aromatic carbocycles. The maximum Gasteiger partial charge on any atom is 0.315 e. The number of rotatable bonds is 6. The third-order valence-electron chi connectivity index (χ3n) is 3.53. The van der Waals surface area contributed by atoms with Gasteiger partial charge in [-0.15, -0.1) is 0 Å². The van der Waals surface area contributed by atoms with Crippen LogP contribution in [0.25, 0.3) is 0 Å². The fourth-order valence-electron chi connectivity index (χ4n) is 2.27. The van der Waals surface area contributed by atoms with Gasteiger partial charge in [-0.25, -0.2) is 4.79 Å². The van der Waals surface area contributed by atoms with E-state index in [1.807, 2.05) is 25.1 Å². The first-order valence-electron chi connectivity index (χ1n) is 7.46. The molecule has 1 aromatic heterocycles. The third kappa shape index (κ3) is 4.97. The highest BCUT2D eigenvalue weighted by molar-refractivity contribution is 6.30. The summed E-state index contributed by atoms with van der Waals surface area (Å²) < 4.78 is 1.60. The largest absolute Gasteiger partial charge is 0.386 e. The lowest BCUT2D eigenvalue weighted by Gasteiger charge is -2.19. The molecule has 0 radical (unpaired) electrons. The van der Waals surface area contributed by atoms with Gasteiger partial charge in [-0.1, -0.05) is 30.7 Å². The van der Waals surface area contributed by atoms with E-state index in [1.165, 1.54) is 0 Å². The smallest absolute Gasteiger partial charge is 0.315 e. The van der Waals surface area contributed by atoms with Crippen LogP contribution in [0.4, 0.5) is 4.79 Å². The number of aliphatic hydroxyl groups excluding tert-OH is 1. The topological polar surface area (TPSA) is 79.2 Å². The average molecular weight is 337 g/mol. The molecule has 0 spiro atoms. The molecule has 0 aliphatic heterocycles. The highest BCUT2D eigenvalue weighted by atomic mass is 35.5. The summed E-state index contributed by atoms with van der Waals surface area (Å²) in [5.74, 6) is 0. The van der Waals surface area contributed by atoms with Gasteiger partial charge in [-0.3, -0.25) is 4.68 Å². The Morgan fingerprint density at radius 2 is 2.22 bits per heavy atom. The Labute approximate surface area is 140 Å². The van der Waals surface area contributed by atoms with Gasteiger partial charge in [-0.2, -0.15) is 5.10 Å². The molecule has 0 saturated heterocycles. The molecule has 2 aromatic rings. The number of aromatic nitrogens is 2. The van der Waals surface area contributed by atoms with Gasteiger partial charge in [0.2, 0.25) is 0 Å². The number of halogens is 1. The standard InChI is InChI=1S/C16H21ClN4O2/c1-3-14(11-5-4-6-13(17)7-11)20-16(23)18-9-15(22)12-8-19-21(2)10-12/h4-8,10,14-15,22H,3,9H2,1-2H3,(H2,18,20,23)/t14-,15-/m1/s1. The van der Waals surface area contributed by atoms with Gasteiger partial charge in [0.1, 0.15) is 0 Å². The van der Waals surface area contributed by atoms with Crippen molar-refractivity contribution in [1.82, 2.24) is 20.4 Å². The fraction of sp³-hybridized carbons (Fsp3) is 0.375. The Kier molecular flexibility index (Phi) is 6.01. The van der Waals surface area contributed by atoms with E-state index in [4.69, 9.17) is 11.6 Å². The molecule has 6 nitrogen and oxygen atoms in total. The first-order valence-corrected chi connectivity index (χ1v) is 7.83. The van der Waals surface area contributed by atoms with Crippen LogP contribution >= 0.6 is 11.6 Å². The highest BCUT2D eigenvalue weighted by Crippen LogP contribution is 2.20. The summed E-state index contributed by atoms with van der Waals surface area (Å²) in [7, 11) is 1.77. The maximum absolute atomic E-state index is 12.0. The Balaban J connectivity index is 1.88. The predicted molar refractivity (Wildman–Crippen MR) is 89.2 cm³/mol. The molecule has 2 amide bonds. The number of carbonyl (C=O) groups excluding carboxylic acids is 1. The van der Waals surface area contributed by atoms with E-state index in [9.17, 15) is 9.90 Å². The Hall–Kier alpha value is -2.05. The van der Waals surface area contributed by atoms with Crippen molar-refractivity contribution < 1.29 is 9.90 Å². The van der Waals surface area contributed by atoms with Crippen LogP contribution in [-0.2, 0) is 7.05 Å². The third-order valence-corrected chi connectivity index (χ3v) is 3.77. The Bertz CT molecular complexity index is 659. The molecule has 2 atom stereocenters. The first kappa shape index (κ1) is 17.3. The van der Waals surface area contributed by atoms with Gasteiger partial charge in [0.15, 0.2) is 0 Å². The lowest BCUT2D eigenvalue weighted by atomic mass is 10.1. The van der Waals surface area contributed by atoms with E-state index in [0.29, 0.717) is 10.6 Å². The van der Waals surface area contributed by atoms with Crippen molar-refractivity contribution in [1.29, 1.82) is 0 Å². The molecule has 124 valence electrons. The van der Waals surface area contributed by atoms with Crippen LogP contribution in [0.1, 0.15) is 36.6 Å². The molecule has 0 fully saturated rings. The van der Waals surface area contributed by atoms with Gasteiger partial charge in [0.05, 0.1) is 18.3 Å². The molecule has 0 aliphatic rings. The van der Waals surface area contributed by atoms with Crippen molar-refractivity contribution in [3.8, 4) is 0 Å². The van der Waals surface area contributed by atoms with Gasteiger partial charge in [0.25, 0.3) is 0 Å². The second kappa shape index (κ2) is 7.99. The summed E-state index contributed by atoms with van der Waals surface area (Å²) in [5, 5.41) is 20.2. The van der Waals surface area contributed by atoms with Gasteiger partial charge in [-0.05, 0) is 24.1 Å². The van der Waals surface area contributed by atoms with Crippen LogP contribution in [0.3, 0.4) is 0 Å². The summed E-state index contributed by atoms with van der Waals surface area (Å²) >= 11 is 5.99. The summed E-state index contributed by atoms with van der Waals surface area (Å²) in [6, 6.07) is 6.93. The van der Waals surface area contributed by atoms with Crippen molar-refractivity contribution in [2.24, 2.45) is 7.05 Å². The summed E-state index contributed by atoms with van der Waals surface area (Å²) in [6.45, 7) is 2.10. The van der Waals surface area contributed by atoms with Crippen LogP contribution in [-0.4, -0.2) is 27.5 Å². The molecular formula is C16H21ClN4O2. The summed E-state index contributed by atoms with van der Waals surface area (Å²) in [6.07, 6.45) is 3.23. The van der Waals surface area contributed by atoms with Crippen molar-refractivity contribution >= 4 is 17.6 Å². The van der Waals surface area contributed by atoms with E-state index >= 15 is 0 Å². The fourth-order valence-corrected chi connectivity index (χ4v) is 2.47. The van der Waals surface area contributed by atoms with E-state index in [2.05, 4.69) is 15.7 Å². The van der Waals surface area contributed by atoms with E-state index < -0.39 is 6.10 Å². The number of carbonyl (C=O) groups is 1. The molecule has 1 heterocycles. The van der Waals surface area contributed by atoms with Gasteiger partial charge >= 0.3 is 6.03 Å². The SMILES string of the molecule is CC[C@@H](NC(=O)NC[C@@H](O)c1cnn(C)c1)c1cccc(Cl)c1. The lowest BCUT2D eigenvalue weighted by Crippen LogP contribution is -2.39. The zero-order chi connectivity index (χ0) is 16.8. The van der Waals surface area contributed by atoms with Crippen molar-refractivity contribution in [3.63, 3.8) is 0 Å².